The lowest BCUT2D eigenvalue weighted by Crippen LogP contribution is -2.04. The molecule has 1 N–H and O–H groups in total. The van der Waals surface area contributed by atoms with Crippen LogP contribution in [0, 0.1) is 5.82 Å². The Kier molecular flexibility index (Phi) is 3.45. The van der Waals surface area contributed by atoms with Gasteiger partial charge in [0.2, 0.25) is 0 Å². The summed E-state index contributed by atoms with van der Waals surface area (Å²) in [6.45, 7) is 0. The molecule has 1 saturated carbocycles. The highest BCUT2D eigenvalue weighted by Crippen LogP contribution is 2.34. The van der Waals surface area contributed by atoms with Crippen molar-refractivity contribution in [3.8, 4) is 11.3 Å². The molecule has 3 aromatic rings. The molecule has 1 aliphatic rings. The van der Waals surface area contributed by atoms with E-state index in [1.54, 1.807) is 12.1 Å². The molecule has 0 amide bonds. The van der Waals surface area contributed by atoms with Crippen LogP contribution < -0.4 is 0 Å². The monoisotopic (exact) mass is 293 g/mol. The Balaban J connectivity index is 1.71. The predicted octanol–water partition coefficient (Wildman–Crippen LogP) is 6.02. The van der Waals surface area contributed by atoms with Crippen LogP contribution in [0.15, 0.2) is 48.5 Å². The minimum atomic E-state index is -0.186. The van der Waals surface area contributed by atoms with E-state index in [0.717, 1.165) is 16.6 Å². The van der Waals surface area contributed by atoms with Crippen molar-refractivity contribution in [3.05, 3.63) is 59.9 Å². The van der Waals surface area contributed by atoms with E-state index in [1.165, 1.54) is 49.3 Å². The fraction of sp³-hybridized carbons (Fsp3) is 0.300. The van der Waals surface area contributed by atoms with Crippen LogP contribution in [0.25, 0.3) is 22.2 Å². The van der Waals surface area contributed by atoms with Crippen LogP contribution in [-0.4, -0.2) is 4.98 Å². The van der Waals surface area contributed by atoms with E-state index in [2.05, 4.69) is 29.2 Å². The van der Waals surface area contributed by atoms with E-state index in [-0.39, 0.29) is 5.82 Å². The molecule has 1 nitrogen and oxygen atoms in total. The lowest BCUT2D eigenvalue weighted by atomic mass is 9.83. The summed E-state index contributed by atoms with van der Waals surface area (Å²) in [6.07, 6.45) is 6.69. The van der Waals surface area contributed by atoms with Gasteiger partial charge in [-0.15, -0.1) is 0 Å². The lowest BCUT2D eigenvalue weighted by molar-refractivity contribution is 0.443. The molecule has 0 atom stereocenters. The largest absolute Gasteiger partial charge is 0.355 e. The molecule has 0 aliphatic heterocycles. The number of fused-ring (bicyclic) bond motifs is 1. The first-order chi connectivity index (χ1) is 10.8. The second-order valence-corrected chi connectivity index (χ2v) is 6.37. The van der Waals surface area contributed by atoms with Crippen molar-refractivity contribution < 1.29 is 4.39 Å². The van der Waals surface area contributed by atoms with Gasteiger partial charge in [-0.2, -0.15) is 0 Å². The van der Waals surface area contributed by atoms with E-state index in [1.807, 2.05) is 6.07 Å². The van der Waals surface area contributed by atoms with Gasteiger partial charge in [0.15, 0.2) is 0 Å². The van der Waals surface area contributed by atoms with Gasteiger partial charge in [0, 0.05) is 16.6 Å². The third kappa shape index (κ3) is 2.54. The molecule has 1 aromatic heterocycles. The Labute approximate surface area is 130 Å². The molecule has 2 heteroatoms. The Bertz CT molecular complexity index is 796. The number of nitrogens with one attached hydrogen (secondary N) is 1. The van der Waals surface area contributed by atoms with E-state index >= 15 is 0 Å². The summed E-state index contributed by atoms with van der Waals surface area (Å²) in [5.41, 5.74) is 4.69. The molecule has 22 heavy (non-hydrogen) atoms. The summed E-state index contributed by atoms with van der Waals surface area (Å²) in [7, 11) is 0. The van der Waals surface area contributed by atoms with Gasteiger partial charge in [-0.25, -0.2) is 4.39 Å². The summed E-state index contributed by atoms with van der Waals surface area (Å²) in [6, 6.07) is 15.8. The molecule has 112 valence electrons. The van der Waals surface area contributed by atoms with Gasteiger partial charge in [0.1, 0.15) is 5.82 Å². The number of H-pyrrole nitrogens is 1. The number of hydrogen-bond acceptors (Lipinski definition) is 0. The first kappa shape index (κ1) is 13.6. The van der Waals surface area contributed by atoms with Crippen LogP contribution in [0.1, 0.15) is 43.6 Å². The fourth-order valence-corrected chi connectivity index (χ4v) is 3.66. The number of halogens is 1. The topological polar surface area (TPSA) is 15.8 Å². The van der Waals surface area contributed by atoms with Crippen LogP contribution in [0.5, 0.6) is 0 Å². The van der Waals surface area contributed by atoms with E-state index in [4.69, 9.17) is 0 Å². The second kappa shape index (κ2) is 5.60. The van der Waals surface area contributed by atoms with Gasteiger partial charge in [0.25, 0.3) is 0 Å². The minimum Gasteiger partial charge on any atom is -0.355 e. The van der Waals surface area contributed by atoms with Crippen molar-refractivity contribution in [2.45, 2.75) is 38.0 Å². The Morgan fingerprint density at radius 1 is 0.909 bits per heavy atom. The molecule has 1 heterocycles. The van der Waals surface area contributed by atoms with Crippen LogP contribution in [0.3, 0.4) is 0 Å². The highest BCUT2D eigenvalue weighted by atomic mass is 19.1. The summed E-state index contributed by atoms with van der Waals surface area (Å²) in [4.78, 5) is 3.40. The maximum absolute atomic E-state index is 13.3. The molecule has 0 spiro atoms. The van der Waals surface area contributed by atoms with Crippen molar-refractivity contribution in [2.24, 2.45) is 0 Å². The number of hydrogen-bond donors (Lipinski definition) is 1. The average Bonchev–Trinajstić information content (AvgIpc) is 2.99. The quantitative estimate of drug-likeness (QED) is 0.594. The van der Waals surface area contributed by atoms with Crippen molar-refractivity contribution in [1.82, 2.24) is 4.98 Å². The smallest absolute Gasteiger partial charge is 0.123 e. The van der Waals surface area contributed by atoms with Gasteiger partial charge in [-0.3, -0.25) is 0 Å². The molecule has 4 rings (SSSR count). The van der Waals surface area contributed by atoms with Crippen LogP contribution >= 0.6 is 0 Å². The predicted molar refractivity (Wildman–Crippen MR) is 89.5 cm³/mol. The Hall–Kier alpha value is -2.09. The van der Waals surface area contributed by atoms with Crippen LogP contribution in [0.4, 0.5) is 4.39 Å². The third-order valence-corrected chi connectivity index (χ3v) is 4.86. The lowest BCUT2D eigenvalue weighted by Gasteiger charge is -2.22. The highest BCUT2D eigenvalue weighted by molar-refractivity contribution is 5.85. The highest BCUT2D eigenvalue weighted by Gasteiger charge is 2.16. The average molecular weight is 293 g/mol. The first-order valence-corrected chi connectivity index (χ1v) is 8.18. The zero-order valence-electron chi connectivity index (χ0n) is 12.6. The molecular weight excluding hydrogens is 273 g/mol. The minimum absolute atomic E-state index is 0.186. The number of benzene rings is 2. The van der Waals surface area contributed by atoms with E-state index in [0.29, 0.717) is 5.92 Å². The molecule has 1 aliphatic carbocycles. The number of aromatic amines is 1. The fourth-order valence-electron chi connectivity index (χ4n) is 3.66. The molecule has 2 aromatic carbocycles. The maximum Gasteiger partial charge on any atom is 0.123 e. The number of rotatable bonds is 2. The molecular formula is C20H20FN. The van der Waals surface area contributed by atoms with Gasteiger partial charge >= 0.3 is 0 Å². The zero-order valence-corrected chi connectivity index (χ0v) is 12.6. The molecule has 1 fully saturated rings. The molecule has 0 bridgehead atoms. The van der Waals surface area contributed by atoms with Crippen molar-refractivity contribution in [2.75, 3.05) is 0 Å². The van der Waals surface area contributed by atoms with Gasteiger partial charge < -0.3 is 4.98 Å². The Morgan fingerprint density at radius 3 is 2.64 bits per heavy atom. The summed E-state index contributed by atoms with van der Waals surface area (Å²) in [5.74, 6) is 0.518. The normalized spacial score (nSPS) is 16.2. The van der Waals surface area contributed by atoms with Crippen LogP contribution in [-0.2, 0) is 0 Å². The van der Waals surface area contributed by atoms with Crippen LogP contribution in [0.2, 0.25) is 0 Å². The summed E-state index contributed by atoms with van der Waals surface area (Å²) >= 11 is 0. The van der Waals surface area contributed by atoms with Gasteiger partial charge in [0.05, 0.1) is 0 Å². The summed E-state index contributed by atoms with van der Waals surface area (Å²) in [5, 5.41) is 0.929. The molecule has 0 unspecified atom stereocenters. The SMILES string of the molecule is Fc1ccc2[nH]c(-c3cccc(C4CCCCC4)c3)cc2c1. The summed E-state index contributed by atoms with van der Waals surface area (Å²) < 4.78 is 13.3. The molecule has 0 saturated heterocycles. The Morgan fingerprint density at radius 2 is 1.77 bits per heavy atom. The number of aromatic nitrogens is 1. The second-order valence-electron chi connectivity index (χ2n) is 6.37. The standard InChI is InChI=1S/C20H20FN/c21-18-9-10-19-17(12-18)13-20(22-19)16-8-4-7-15(11-16)14-5-2-1-3-6-14/h4,7-14,22H,1-3,5-6H2. The van der Waals surface area contributed by atoms with Crippen molar-refractivity contribution in [1.29, 1.82) is 0 Å². The van der Waals surface area contributed by atoms with Gasteiger partial charge in [-0.05, 0) is 60.2 Å². The first-order valence-electron chi connectivity index (χ1n) is 8.18. The zero-order chi connectivity index (χ0) is 14.9. The van der Waals surface area contributed by atoms with E-state index in [9.17, 15) is 4.39 Å². The van der Waals surface area contributed by atoms with Crippen molar-refractivity contribution >= 4 is 10.9 Å². The maximum atomic E-state index is 13.3. The van der Waals surface area contributed by atoms with Crippen molar-refractivity contribution in [3.63, 3.8) is 0 Å². The molecule has 0 radical (unpaired) electrons. The van der Waals surface area contributed by atoms with E-state index < -0.39 is 0 Å². The van der Waals surface area contributed by atoms with Gasteiger partial charge in [-0.1, -0.05) is 37.5 Å². The third-order valence-electron chi connectivity index (χ3n) is 4.86.